The molecule has 23 heavy (non-hydrogen) atoms. The highest BCUT2D eigenvalue weighted by molar-refractivity contribution is 14.1. The Hall–Kier alpha value is -1.67. The summed E-state index contributed by atoms with van der Waals surface area (Å²) in [6.07, 6.45) is 1.37. The molecule has 0 N–H and O–H groups in total. The number of ether oxygens (including phenoxy) is 1. The van der Waals surface area contributed by atoms with Crippen molar-refractivity contribution < 1.29 is 14.5 Å². The van der Waals surface area contributed by atoms with Gasteiger partial charge in [-0.15, -0.1) is 0 Å². The highest BCUT2D eigenvalue weighted by Gasteiger charge is 2.27. The van der Waals surface area contributed by atoms with E-state index in [0.29, 0.717) is 8.04 Å². The van der Waals surface area contributed by atoms with Gasteiger partial charge in [0, 0.05) is 36.4 Å². The number of nitro groups is 1. The van der Waals surface area contributed by atoms with Gasteiger partial charge in [-0.05, 0) is 45.4 Å². The van der Waals surface area contributed by atoms with Crippen molar-refractivity contribution in [1.82, 2.24) is 4.90 Å². The maximum absolute atomic E-state index is 12.5. The molecule has 1 aromatic rings. The first-order valence-electron chi connectivity index (χ1n) is 6.36. The molecule has 0 aliphatic rings. The summed E-state index contributed by atoms with van der Waals surface area (Å²) in [5.41, 5.74) is -0.394. The third kappa shape index (κ3) is 4.42. The molecule has 0 aliphatic carbocycles. The van der Waals surface area contributed by atoms with Crippen molar-refractivity contribution in [3.8, 4) is 11.8 Å². The SMILES string of the molecule is CCOc1c([N+](=O)[O-])cc(C(=O)C(C#N)=CN(C)C)c(Br)c1I. The first-order chi connectivity index (χ1) is 10.7. The summed E-state index contributed by atoms with van der Waals surface area (Å²) in [5.74, 6) is -0.506. The van der Waals surface area contributed by atoms with Crippen LogP contribution in [0.15, 0.2) is 22.3 Å². The maximum Gasteiger partial charge on any atom is 0.312 e. The molecular formula is C14H13BrIN3O4. The molecule has 1 rings (SSSR count). The molecule has 0 aromatic heterocycles. The molecule has 0 radical (unpaired) electrons. The fraction of sp³-hybridized carbons (Fsp3) is 0.286. The summed E-state index contributed by atoms with van der Waals surface area (Å²) in [6.45, 7) is 1.96. The number of benzene rings is 1. The number of ketones is 1. The van der Waals surface area contributed by atoms with Crippen LogP contribution in [-0.4, -0.2) is 36.3 Å². The summed E-state index contributed by atoms with van der Waals surface area (Å²) in [5, 5.41) is 20.4. The summed E-state index contributed by atoms with van der Waals surface area (Å²) >= 11 is 5.13. The molecule has 7 nitrogen and oxygen atoms in total. The van der Waals surface area contributed by atoms with Gasteiger partial charge in [0.1, 0.15) is 11.6 Å². The number of Topliss-reactive ketones (excluding diaryl/α,β-unsaturated/α-hetero) is 1. The zero-order chi connectivity index (χ0) is 17.7. The Morgan fingerprint density at radius 1 is 1.61 bits per heavy atom. The van der Waals surface area contributed by atoms with Crippen LogP contribution >= 0.6 is 38.5 Å². The molecule has 0 bridgehead atoms. The number of rotatable bonds is 6. The van der Waals surface area contributed by atoms with Gasteiger partial charge in [-0.1, -0.05) is 0 Å². The number of nitrogens with zero attached hydrogens (tertiary/aromatic N) is 3. The lowest BCUT2D eigenvalue weighted by atomic mass is 10.0. The zero-order valence-electron chi connectivity index (χ0n) is 12.6. The number of nitro benzene ring substituents is 1. The third-order valence-electron chi connectivity index (χ3n) is 2.62. The smallest absolute Gasteiger partial charge is 0.312 e. The average molecular weight is 494 g/mol. The Labute approximate surface area is 155 Å². The highest BCUT2D eigenvalue weighted by Crippen LogP contribution is 2.40. The van der Waals surface area contributed by atoms with Gasteiger partial charge in [-0.2, -0.15) is 5.26 Å². The molecule has 1 aromatic carbocycles. The van der Waals surface area contributed by atoms with Crippen LogP contribution < -0.4 is 4.74 Å². The Morgan fingerprint density at radius 3 is 2.65 bits per heavy atom. The number of hydrogen-bond donors (Lipinski definition) is 0. The largest absolute Gasteiger partial charge is 0.486 e. The summed E-state index contributed by atoms with van der Waals surface area (Å²) < 4.78 is 6.08. The lowest BCUT2D eigenvalue weighted by molar-refractivity contribution is -0.386. The predicted molar refractivity (Wildman–Crippen MR) is 96.4 cm³/mol. The molecule has 0 unspecified atom stereocenters. The Balaban J connectivity index is 3.58. The van der Waals surface area contributed by atoms with Crippen LogP contribution in [0.2, 0.25) is 0 Å². The van der Waals surface area contributed by atoms with Crippen molar-refractivity contribution >= 4 is 50.0 Å². The van der Waals surface area contributed by atoms with E-state index in [4.69, 9.17) is 10.00 Å². The van der Waals surface area contributed by atoms with Crippen LogP contribution in [0.5, 0.6) is 5.75 Å². The van der Waals surface area contributed by atoms with E-state index in [9.17, 15) is 14.9 Å². The number of carbonyl (C=O) groups is 1. The molecule has 0 atom stereocenters. The van der Waals surface area contributed by atoms with E-state index in [1.165, 1.54) is 6.20 Å². The molecule has 0 spiro atoms. The predicted octanol–water partition coefficient (Wildman–Crippen LogP) is 3.51. The van der Waals surface area contributed by atoms with E-state index in [-0.39, 0.29) is 29.2 Å². The van der Waals surface area contributed by atoms with Gasteiger partial charge >= 0.3 is 5.69 Å². The molecule has 0 fully saturated rings. The van der Waals surface area contributed by atoms with E-state index in [1.54, 1.807) is 25.9 Å². The number of hydrogen-bond acceptors (Lipinski definition) is 6. The number of carbonyl (C=O) groups excluding carboxylic acids is 1. The second-order valence-corrected chi connectivity index (χ2v) is 6.41. The normalized spacial score (nSPS) is 10.9. The van der Waals surface area contributed by atoms with E-state index in [0.717, 1.165) is 6.07 Å². The summed E-state index contributed by atoms with van der Waals surface area (Å²) in [7, 11) is 3.34. The van der Waals surface area contributed by atoms with E-state index in [1.807, 2.05) is 28.7 Å². The topological polar surface area (TPSA) is 96.5 Å². The Bertz CT molecular complexity index is 726. The van der Waals surface area contributed by atoms with Crippen LogP contribution in [0, 0.1) is 25.0 Å². The van der Waals surface area contributed by atoms with Crippen LogP contribution in [0.4, 0.5) is 5.69 Å². The number of halogens is 2. The monoisotopic (exact) mass is 493 g/mol. The minimum absolute atomic E-state index is 0.0409. The van der Waals surface area contributed by atoms with Crippen LogP contribution in [0.25, 0.3) is 0 Å². The maximum atomic E-state index is 12.5. The van der Waals surface area contributed by atoms with E-state index in [2.05, 4.69) is 15.9 Å². The van der Waals surface area contributed by atoms with Crippen LogP contribution in [0.1, 0.15) is 17.3 Å². The molecule has 122 valence electrons. The van der Waals surface area contributed by atoms with Crippen LogP contribution in [0.3, 0.4) is 0 Å². The molecule has 0 saturated heterocycles. The minimum Gasteiger partial charge on any atom is -0.486 e. The number of nitriles is 1. The molecule has 0 heterocycles. The van der Waals surface area contributed by atoms with Gasteiger partial charge in [0.2, 0.25) is 11.5 Å². The molecule has 9 heteroatoms. The molecular weight excluding hydrogens is 481 g/mol. The van der Waals surface area contributed by atoms with Crippen molar-refractivity contribution in [3.63, 3.8) is 0 Å². The van der Waals surface area contributed by atoms with Crippen molar-refractivity contribution in [2.45, 2.75) is 6.92 Å². The molecule has 0 aliphatic heterocycles. The average Bonchev–Trinajstić information content (AvgIpc) is 2.48. The standard InChI is InChI=1S/C14H13BrIN3O4/c1-4-23-14-10(19(21)22)5-9(11(15)12(14)16)13(20)8(6-17)7-18(2)3/h5,7H,4H2,1-3H3. The third-order valence-corrected chi connectivity index (χ3v) is 5.22. The quantitative estimate of drug-likeness (QED) is 0.150. The van der Waals surface area contributed by atoms with Crippen molar-refractivity contribution in [2.24, 2.45) is 0 Å². The zero-order valence-corrected chi connectivity index (χ0v) is 16.3. The fourth-order valence-corrected chi connectivity index (χ4v) is 2.92. The Morgan fingerprint density at radius 2 is 2.22 bits per heavy atom. The van der Waals surface area contributed by atoms with Crippen molar-refractivity contribution in [3.05, 3.63) is 41.6 Å². The summed E-state index contributed by atoms with van der Waals surface area (Å²) in [6, 6.07) is 2.94. The second-order valence-electron chi connectivity index (χ2n) is 4.54. The number of allylic oxidation sites excluding steroid dienone is 1. The summed E-state index contributed by atoms with van der Waals surface area (Å²) in [4.78, 5) is 24.7. The Kier molecular flexibility index (Phi) is 6.96. The fourth-order valence-electron chi connectivity index (χ4n) is 1.72. The van der Waals surface area contributed by atoms with E-state index >= 15 is 0 Å². The van der Waals surface area contributed by atoms with Crippen molar-refractivity contribution in [2.75, 3.05) is 20.7 Å². The second kappa shape index (κ2) is 8.26. The van der Waals surface area contributed by atoms with Crippen LogP contribution in [-0.2, 0) is 0 Å². The van der Waals surface area contributed by atoms with Crippen molar-refractivity contribution in [1.29, 1.82) is 5.26 Å². The molecule has 0 amide bonds. The molecule has 0 saturated carbocycles. The van der Waals surface area contributed by atoms with Gasteiger partial charge < -0.3 is 9.64 Å². The van der Waals surface area contributed by atoms with E-state index < -0.39 is 10.7 Å². The van der Waals surface area contributed by atoms with Gasteiger partial charge in [0.05, 0.1) is 15.1 Å². The lowest BCUT2D eigenvalue weighted by Gasteiger charge is -2.12. The van der Waals surface area contributed by atoms with Gasteiger partial charge in [0.25, 0.3) is 0 Å². The van der Waals surface area contributed by atoms with Gasteiger partial charge in [0.15, 0.2) is 0 Å². The minimum atomic E-state index is -0.613. The van der Waals surface area contributed by atoms with Gasteiger partial charge in [-0.3, -0.25) is 14.9 Å². The lowest BCUT2D eigenvalue weighted by Crippen LogP contribution is -2.11. The highest BCUT2D eigenvalue weighted by atomic mass is 127. The first kappa shape index (κ1) is 19.4. The van der Waals surface area contributed by atoms with Gasteiger partial charge in [-0.25, -0.2) is 0 Å². The first-order valence-corrected chi connectivity index (χ1v) is 8.23.